The summed E-state index contributed by atoms with van der Waals surface area (Å²) in [5, 5.41) is 10.5. The van der Waals surface area contributed by atoms with Crippen molar-refractivity contribution in [3.63, 3.8) is 0 Å². The largest absolute Gasteiger partial charge is 0.375 e. The first kappa shape index (κ1) is 21.5. The molecule has 6 nitrogen and oxygen atoms in total. The molecule has 2 aromatic rings. The predicted octanol–water partition coefficient (Wildman–Crippen LogP) is 3.35. The van der Waals surface area contributed by atoms with Gasteiger partial charge in [0.15, 0.2) is 0 Å². The van der Waals surface area contributed by atoms with Crippen molar-refractivity contribution >= 4 is 30.1 Å². The van der Waals surface area contributed by atoms with Crippen molar-refractivity contribution in [1.82, 2.24) is 5.32 Å². The zero-order valence-corrected chi connectivity index (χ0v) is 15.8. The van der Waals surface area contributed by atoms with E-state index in [9.17, 15) is 4.79 Å². The van der Waals surface area contributed by atoms with Crippen LogP contribution in [0.2, 0.25) is 0 Å². The summed E-state index contributed by atoms with van der Waals surface area (Å²) in [4.78, 5) is 13.6. The van der Waals surface area contributed by atoms with E-state index in [2.05, 4.69) is 5.32 Å². The summed E-state index contributed by atoms with van der Waals surface area (Å²) in [7, 11) is 0. The Morgan fingerprint density at radius 1 is 1.12 bits per heavy atom. The lowest BCUT2D eigenvalue weighted by atomic mass is 10.1. The summed E-state index contributed by atoms with van der Waals surface area (Å²) in [6.45, 7) is 4.96. The van der Waals surface area contributed by atoms with E-state index in [0.29, 0.717) is 25.4 Å². The number of ether oxygens (including phenoxy) is 1. The smallest absolute Gasteiger partial charge is 0.328 e. The summed E-state index contributed by atoms with van der Waals surface area (Å²) in [5.41, 5.74) is 9.11. The molecule has 0 bridgehead atoms. The number of nitrogens with two attached hydrogens (primary N) is 1. The third-order valence-electron chi connectivity index (χ3n) is 3.74. The Morgan fingerprint density at radius 3 is 2.31 bits per heavy atom. The Bertz CT molecular complexity index is 717. The van der Waals surface area contributed by atoms with E-state index < -0.39 is 6.03 Å². The number of amides is 2. The molecule has 26 heavy (non-hydrogen) atoms. The lowest BCUT2D eigenvalue weighted by Crippen LogP contribution is -2.48. The first-order valence-corrected chi connectivity index (χ1v) is 8.10. The Balaban J connectivity index is 0.00000338. The number of nitrogens with one attached hydrogen (secondary N) is 2. The van der Waals surface area contributed by atoms with Gasteiger partial charge in [-0.05, 0) is 30.5 Å². The Morgan fingerprint density at radius 2 is 1.73 bits per heavy atom. The van der Waals surface area contributed by atoms with Crippen LogP contribution in [0.1, 0.15) is 16.7 Å². The van der Waals surface area contributed by atoms with Gasteiger partial charge in [0.05, 0.1) is 18.9 Å². The highest BCUT2D eigenvalue weighted by molar-refractivity contribution is 6.14. The van der Waals surface area contributed by atoms with Crippen LogP contribution < -0.4 is 16.0 Å². The number of nitrogens with zero attached hydrogens (tertiary/aromatic N) is 1. The molecule has 0 unspecified atom stereocenters. The number of aryl methyl sites for hydroxylation is 2. The minimum Gasteiger partial charge on any atom is -0.375 e. The number of benzene rings is 2. The maximum Gasteiger partial charge on any atom is 0.328 e. The van der Waals surface area contributed by atoms with Gasteiger partial charge in [0.25, 0.3) is 0 Å². The monoisotopic (exact) mass is 376 g/mol. The van der Waals surface area contributed by atoms with Crippen molar-refractivity contribution in [3.05, 3.63) is 65.2 Å². The summed E-state index contributed by atoms with van der Waals surface area (Å²) in [6.07, 6.45) is 0. The van der Waals surface area contributed by atoms with Crippen LogP contribution in [0.4, 0.5) is 10.5 Å². The van der Waals surface area contributed by atoms with Crippen molar-refractivity contribution in [2.75, 3.05) is 18.1 Å². The molecule has 0 aliphatic carbocycles. The molecule has 4 N–H and O–H groups in total. The topological polar surface area (TPSA) is 91.4 Å². The summed E-state index contributed by atoms with van der Waals surface area (Å²) >= 11 is 0. The van der Waals surface area contributed by atoms with Crippen molar-refractivity contribution in [2.45, 2.75) is 20.5 Å². The van der Waals surface area contributed by atoms with Crippen molar-refractivity contribution in [3.8, 4) is 0 Å². The highest BCUT2D eigenvalue weighted by Crippen LogP contribution is 2.24. The summed E-state index contributed by atoms with van der Waals surface area (Å²) in [6, 6.07) is 15.1. The van der Waals surface area contributed by atoms with Crippen LogP contribution in [-0.4, -0.2) is 25.1 Å². The van der Waals surface area contributed by atoms with Gasteiger partial charge < -0.3 is 15.8 Å². The molecule has 2 amide bonds. The second-order valence-electron chi connectivity index (χ2n) is 5.73. The molecule has 0 radical (unpaired) electrons. The number of hydrogen-bond acceptors (Lipinski definition) is 3. The van der Waals surface area contributed by atoms with Crippen molar-refractivity contribution in [1.29, 1.82) is 5.41 Å². The van der Waals surface area contributed by atoms with E-state index in [1.54, 1.807) is 0 Å². The number of rotatable bonds is 6. The second-order valence-corrected chi connectivity index (χ2v) is 5.73. The van der Waals surface area contributed by atoms with Crippen LogP contribution >= 0.6 is 12.4 Å². The van der Waals surface area contributed by atoms with Gasteiger partial charge in [-0.25, -0.2) is 9.69 Å². The molecule has 0 aliphatic rings. The van der Waals surface area contributed by atoms with E-state index in [1.807, 2.05) is 62.4 Å². The highest BCUT2D eigenvalue weighted by Gasteiger charge is 2.21. The van der Waals surface area contributed by atoms with E-state index >= 15 is 0 Å². The molecule has 0 saturated heterocycles. The summed E-state index contributed by atoms with van der Waals surface area (Å²) < 4.78 is 5.55. The normalized spacial score (nSPS) is 9.92. The third-order valence-corrected chi connectivity index (χ3v) is 3.74. The number of anilines is 1. The Labute approximate surface area is 160 Å². The number of carbonyl (C=O) groups excluding carboxylic acids is 1. The number of hydrogen-bond donors (Lipinski definition) is 3. The molecule has 2 rings (SSSR count). The molecule has 0 saturated carbocycles. The first-order valence-electron chi connectivity index (χ1n) is 8.10. The Hall–Kier alpha value is -2.57. The van der Waals surface area contributed by atoms with Crippen LogP contribution in [-0.2, 0) is 11.3 Å². The van der Waals surface area contributed by atoms with Gasteiger partial charge in [-0.15, -0.1) is 12.4 Å². The van der Waals surface area contributed by atoms with Gasteiger partial charge in [-0.3, -0.25) is 5.41 Å². The quantitative estimate of drug-likeness (QED) is 0.410. The molecule has 0 aromatic heterocycles. The molecule has 7 heteroatoms. The predicted molar refractivity (Wildman–Crippen MR) is 107 cm³/mol. The maximum atomic E-state index is 12.5. The van der Waals surface area contributed by atoms with Gasteiger partial charge in [0.2, 0.25) is 5.96 Å². The van der Waals surface area contributed by atoms with Gasteiger partial charge in [-0.1, -0.05) is 48.5 Å². The zero-order chi connectivity index (χ0) is 18.2. The molecular weight excluding hydrogens is 352 g/mol. The van der Waals surface area contributed by atoms with E-state index in [-0.39, 0.29) is 18.4 Å². The fourth-order valence-electron chi connectivity index (χ4n) is 2.56. The standard InChI is InChI=1S/C19H24N4O2.ClH/c1-14-7-6-8-15(2)17(14)23(18(20)21)19(24)22-11-12-25-13-16-9-4-3-5-10-16;/h3-10H,11-13H2,1-2H3,(H3,20,21)(H,22,24);1H. The van der Waals surface area contributed by atoms with Crippen LogP contribution in [0, 0.1) is 19.3 Å². The second kappa shape index (κ2) is 10.4. The van der Waals surface area contributed by atoms with Gasteiger partial charge >= 0.3 is 6.03 Å². The Kier molecular flexibility index (Phi) is 8.61. The maximum absolute atomic E-state index is 12.5. The lowest BCUT2D eigenvalue weighted by molar-refractivity contribution is 0.124. The molecule has 2 aromatic carbocycles. The van der Waals surface area contributed by atoms with Gasteiger partial charge in [0.1, 0.15) is 0 Å². The number of para-hydroxylation sites is 1. The molecule has 0 spiro atoms. The first-order chi connectivity index (χ1) is 12.0. The van der Waals surface area contributed by atoms with Crippen LogP contribution in [0.15, 0.2) is 48.5 Å². The van der Waals surface area contributed by atoms with Gasteiger partial charge in [0, 0.05) is 6.54 Å². The van der Waals surface area contributed by atoms with E-state index in [0.717, 1.165) is 16.7 Å². The highest BCUT2D eigenvalue weighted by atomic mass is 35.5. The number of urea groups is 1. The minimum atomic E-state index is -0.437. The fraction of sp³-hybridized carbons (Fsp3) is 0.263. The van der Waals surface area contributed by atoms with Crippen LogP contribution in [0.25, 0.3) is 0 Å². The summed E-state index contributed by atoms with van der Waals surface area (Å²) in [5.74, 6) is -0.319. The third kappa shape index (κ3) is 5.75. The fourth-order valence-corrected chi connectivity index (χ4v) is 2.56. The number of carbonyl (C=O) groups is 1. The minimum absolute atomic E-state index is 0. The molecule has 0 heterocycles. The SMILES string of the molecule is Cc1cccc(C)c1N(C(=N)N)C(=O)NCCOCc1ccccc1.Cl. The van der Waals surface area contributed by atoms with Gasteiger partial charge in [-0.2, -0.15) is 0 Å². The van der Waals surface area contributed by atoms with Crippen LogP contribution in [0.3, 0.4) is 0 Å². The molecule has 0 atom stereocenters. The van der Waals surface area contributed by atoms with Crippen molar-refractivity contribution in [2.24, 2.45) is 5.73 Å². The van der Waals surface area contributed by atoms with Crippen molar-refractivity contribution < 1.29 is 9.53 Å². The lowest BCUT2D eigenvalue weighted by Gasteiger charge is -2.24. The van der Waals surface area contributed by atoms with E-state index in [4.69, 9.17) is 15.9 Å². The molecule has 0 aliphatic heterocycles. The number of guanidine groups is 1. The zero-order valence-electron chi connectivity index (χ0n) is 15.0. The number of halogens is 1. The van der Waals surface area contributed by atoms with E-state index in [1.165, 1.54) is 4.90 Å². The van der Waals surface area contributed by atoms with Crippen LogP contribution in [0.5, 0.6) is 0 Å². The average molecular weight is 377 g/mol. The molecular formula is C19H25ClN4O2. The average Bonchev–Trinajstić information content (AvgIpc) is 2.58. The molecule has 140 valence electrons. The molecule has 0 fully saturated rings.